The fourth-order valence-corrected chi connectivity index (χ4v) is 5.96. The number of esters is 2. The first-order chi connectivity index (χ1) is 27.5. The zero-order valence-corrected chi connectivity index (χ0v) is 35.7. The second-order valence-corrected chi connectivity index (χ2v) is 15.4. The number of carboxylic acid groups (broad SMARTS) is 1. The molecule has 0 aromatic heterocycles. The molecule has 0 rings (SSSR count). The Hall–Kier alpha value is -3.12. The van der Waals surface area contributed by atoms with E-state index in [1.807, 2.05) is 42.5 Å². The Bertz CT molecular complexity index is 1260. The summed E-state index contributed by atoms with van der Waals surface area (Å²) in [6.45, 7) is 2.51. The van der Waals surface area contributed by atoms with E-state index >= 15 is 0 Å². The summed E-state index contributed by atoms with van der Waals surface area (Å²) in [5, 5.41) is 18.9. The SMILES string of the molecule is CC/C=C\C/C=C\CC(O)/C=C/C=C\C/C=C\CCCC(=O)OC[C@H](COP(=O)(O)OC[C@H](N)C(=O)O)OC(=O)CCCCCCCCC/C=C\CCCCCC. The van der Waals surface area contributed by atoms with Gasteiger partial charge in [-0.15, -0.1) is 0 Å². The fraction of sp³-hybridized carbons (Fsp3) is 0.659. The molecule has 0 saturated heterocycles. The average molecular weight is 824 g/mol. The van der Waals surface area contributed by atoms with Gasteiger partial charge in [-0.3, -0.25) is 23.4 Å². The molecule has 0 saturated carbocycles. The number of unbranched alkanes of at least 4 members (excludes halogenated alkanes) is 12. The third kappa shape index (κ3) is 38.2. The molecule has 12 nitrogen and oxygen atoms in total. The minimum Gasteiger partial charge on any atom is -0.480 e. The average Bonchev–Trinajstić information content (AvgIpc) is 3.18. The molecule has 0 aliphatic carbocycles. The van der Waals surface area contributed by atoms with Gasteiger partial charge < -0.3 is 30.3 Å². The summed E-state index contributed by atoms with van der Waals surface area (Å²) < 4.78 is 32.6. The van der Waals surface area contributed by atoms with E-state index in [-0.39, 0.29) is 12.8 Å². The molecular weight excluding hydrogens is 749 g/mol. The van der Waals surface area contributed by atoms with Crippen LogP contribution in [0.1, 0.15) is 149 Å². The maximum absolute atomic E-state index is 12.6. The van der Waals surface area contributed by atoms with Crippen LogP contribution in [0.15, 0.2) is 72.9 Å². The van der Waals surface area contributed by atoms with Gasteiger partial charge in [-0.1, -0.05) is 138 Å². The van der Waals surface area contributed by atoms with Gasteiger partial charge in [0, 0.05) is 12.8 Å². The first kappa shape index (κ1) is 53.9. The summed E-state index contributed by atoms with van der Waals surface area (Å²) in [6.07, 6.45) is 41.4. The van der Waals surface area contributed by atoms with Crippen LogP contribution in [0.3, 0.4) is 0 Å². The van der Waals surface area contributed by atoms with Crippen LogP contribution in [0.5, 0.6) is 0 Å². The van der Waals surface area contributed by atoms with E-state index in [1.54, 1.807) is 6.08 Å². The van der Waals surface area contributed by atoms with Crippen LogP contribution in [0.25, 0.3) is 0 Å². The maximum Gasteiger partial charge on any atom is 0.472 e. The van der Waals surface area contributed by atoms with Gasteiger partial charge in [0.25, 0.3) is 0 Å². The number of allylic oxidation sites excluding steroid dienone is 10. The number of aliphatic hydroxyl groups is 1. The number of carbonyl (C=O) groups is 3. The van der Waals surface area contributed by atoms with E-state index in [4.69, 9.17) is 24.8 Å². The van der Waals surface area contributed by atoms with Crippen molar-refractivity contribution in [2.45, 2.75) is 167 Å². The van der Waals surface area contributed by atoms with Gasteiger partial charge >= 0.3 is 25.7 Å². The number of hydrogen-bond acceptors (Lipinski definition) is 10. The van der Waals surface area contributed by atoms with Crippen LogP contribution < -0.4 is 5.73 Å². The number of nitrogens with two attached hydrogens (primary N) is 1. The zero-order valence-electron chi connectivity index (χ0n) is 34.8. The van der Waals surface area contributed by atoms with E-state index in [0.29, 0.717) is 32.1 Å². The minimum atomic E-state index is -4.75. The van der Waals surface area contributed by atoms with Crippen molar-refractivity contribution in [3.05, 3.63) is 72.9 Å². The molecule has 0 radical (unpaired) electrons. The molecule has 0 aliphatic rings. The van der Waals surface area contributed by atoms with Crippen molar-refractivity contribution in [2.24, 2.45) is 5.73 Å². The molecule has 13 heteroatoms. The van der Waals surface area contributed by atoms with Crippen LogP contribution >= 0.6 is 7.82 Å². The summed E-state index contributed by atoms with van der Waals surface area (Å²) in [5.41, 5.74) is 5.32. The lowest BCUT2D eigenvalue weighted by molar-refractivity contribution is -0.161. The molecule has 0 amide bonds. The van der Waals surface area contributed by atoms with E-state index in [0.717, 1.165) is 44.9 Å². The summed E-state index contributed by atoms with van der Waals surface area (Å²) in [4.78, 5) is 45.9. The van der Waals surface area contributed by atoms with E-state index in [1.165, 1.54) is 44.9 Å². The number of carbonyl (C=O) groups excluding carboxylic acids is 2. The summed E-state index contributed by atoms with van der Waals surface area (Å²) >= 11 is 0. The second kappa shape index (κ2) is 38.4. The normalized spacial score (nSPS) is 15.0. The van der Waals surface area contributed by atoms with Gasteiger partial charge in [-0.2, -0.15) is 0 Å². The molecule has 0 aliphatic heterocycles. The molecule has 326 valence electrons. The fourth-order valence-electron chi connectivity index (χ4n) is 5.18. The van der Waals surface area contributed by atoms with Gasteiger partial charge in [0.15, 0.2) is 6.10 Å². The predicted molar refractivity (Wildman–Crippen MR) is 227 cm³/mol. The zero-order chi connectivity index (χ0) is 42.2. The van der Waals surface area contributed by atoms with Crippen molar-refractivity contribution in [3.8, 4) is 0 Å². The van der Waals surface area contributed by atoms with Gasteiger partial charge in [-0.05, 0) is 70.6 Å². The van der Waals surface area contributed by atoms with Crippen molar-refractivity contribution >= 4 is 25.7 Å². The number of carboxylic acids is 1. The number of aliphatic carboxylic acids is 1. The molecule has 0 aromatic carbocycles. The molecular formula is C44H74NO11P. The van der Waals surface area contributed by atoms with Gasteiger partial charge in [0.2, 0.25) is 0 Å². The highest BCUT2D eigenvalue weighted by Crippen LogP contribution is 2.43. The van der Waals surface area contributed by atoms with Crippen LogP contribution in [-0.2, 0) is 37.5 Å². The third-order valence-electron chi connectivity index (χ3n) is 8.52. The smallest absolute Gasteiger partial charge is 0.472 e. The predicted octanol–water partition coefficient (Wildman–Crippen LogP) is 9.92. The third-order valence-corrected chi connectivity index (χ3v) is 9.47. The number of hydrogen-bond donors (Lipinski definition) is 4. The Morgan fingerprint density at radius 1 is 0.649 bits per heavy atom. The van der Waals surface area contributed by atoms with Gasteiger partial charge in [0.05, 0.1) is 19.3 Å². The molecule has 0 fully saturated rings. The van der Waals surface area contributed by atoms with Crippen molar-refractivity contribution in [2.75, 3.05) is 19.8 Å². The lowest BCUT2D eigenvalue weighted by Crippen LogP contribution is -2.34. The van der Waals surface area contributed by atoms with Crippen molar-refractivity contribution in [3.63, 3.8) is 0 Å². The number of rotatable bonds is 38. The number of ether oxygens (including phenoxy) is 2. The summed E-state index contributed by atoms with van der Waals surface area (Å²) in [7, 11) is -4.75. The first-order valence-electron chi connectivity index (χ1n) is 21.1. The Balaban J connectivity index is 4.56. The Kier molecular flexibility index (Phi) is 36.3. The van der Waals surface area contributed by atoms with Crippen LogP contribution in [0, 0.1) is 0 Å². The van der Waals surface area contributed by atoms with E-state index < -0.39 is 63.8 Å². The highest BCUT2D eigenvalue weighted by molar-refractivity contribution is 7.47. The monoisotopic (exact) mass is 823 g/mol. The highest BCUT2D eigenvalue weighted by Gasteiger charge is 2.28. The molecule has 5 N–H and O–H groups in total. The lowest BCUT2D eigenvalue weighted by atomic mass is 10.1. The van der Waals surface area contributed by atoms with Crippen LogP contribution in [-0.4, -0.2) is 71.1 Å². The quantitative estimate of drug-likeness (QED) is 0.0152. The Morgan fingerprint density at radius 3 is 1.89 bits per heavy atom. The van der Waals surface area contributed by atoms with Crippen molar-refractivity contribution < 1.29 is 52.6 Å². The van der Waals surface area contributed by atoms with Crippen LogP contribution in [0.4, 0.5) is 0 Å². The van der Waals surface area contributed by atoms with Crippen molar-refractivity contribution in [1.82, 2.24) is 0 Å². The first-order valence-corrected chi connectivity index (χ1v) is 22.6. The number of phosphoric acid groups is 1. The highest BCUT2D eigenvalue weighted by atomic mass is 31.2. The van der Waals surface area contributed by atoms with Gasteiger partial charge in [0.1, 0.15) is 12.6 Å². The molecule has 4 atom stereocenters. The molecule has 0 bridgehead atoms. The molecule has 2 unspecified atom stereocenters. The van der Waals surface area contributed by atoms with E-state index in [2.05, 4.69) is 42.7 Å². The maximum atomic E-state index is 12.6. The van der Waals surface area contributed by atoms with E-state index in [9.17, 15) is 28.9 Å². The van der Waals surface area contributed by atoms with Crippen LogP contribution in [0.2, 0.25) is 0 Å². The number of phosphoric ester groups is 1. The lowest BCUT2D eigenvalue weighted by Gasteiger charge is -2.20. The summed E-state index contributed by atoms with van der Waals surface area (Å²) in [5.74, 6) is -2.51. The Labute approximate surface area is 343 Å². The molecule has 57 heavy (non-hydrogen) atoms. The second-order valence-electron chi connectivity index (χ2n) is 13.9. The largest absolute Gasteiger partial charge is 0.480 e. The topological polar surface area (TPSA) is 192 Å². The molecule has 0 spiro atoms. The standard InChI is InChI=1S/C44H74NO11P/c1-3-5-7-9-11-12-13-14-15-16-17-18-23-27-31-35-43(48)56-40(37-54-57(51,52)55-38-41(45)44(49)50)36-53-42(47)34-30-26-22-20-19-21-25-29-33-39(46)32-28-24-10-8-6-4-2/h6,8,12-13,20-22,24-25,28-29,33,39-41,46H,3-5,7,9-11,14-19,23,26-27,30-32,34-38,45H2,1-2H3,(H,49,50)(H,51,52)/b8-6-,13-12-,22-20-,25-21-,28-24-,33-29+/t39?,40-,41+/m1/s1. The molecule has 0 heterocycles. The minimum absolute atomic E-state index is 0.107. The molecule has 0 aromatic rings. The Morgan fingerprint density at radius 2 is 1.21 bits per heavy atom. The van der Waals surface area contributed by atoms with Gasteiger partial charge in [-0.25, -0.2) is 4.57 Å². The van der Waals surface area contributed by atoms with Crippen molar-refractivity contribution in [1.29, 1.82) is 0 Å². The summed E-state index contributed by atoms with van der Waals surface area (Å²) in [6, 6.07) is -1.54. The number of aliphatic hydroxyl groups excluding tert-OH is 1.